The van der Waals surface area contributed by atoms with Gasteiger partial charge in [0.25, 0.3) is 5.91 Å². The van der Waals surface area contributed by atoms with Gasteiger partial charge in [-0.1, -0.05) is 30.9 Å². The number of amides is 1. The Bertz CT molecular complexity index is 1440. The van der Waals surface area contributed by atoms with Gasteiger partial charge < -0.3 is 20.8 Å². The van der Waals surface area contributed by atoms with Gasteiger partial charge in [0.2, 0.25) is 5.60 Å². The molecule has 3 aromatic rings. The Morgan fingerprint density at radius 1 is 1.31 bits per heavy atom. The molecule has 3 heterocycles. The predicted octanol–water partition coefficient (Wildman–Crippen LogP) is 2.41. The van der Waals surface area contributed by atoms with E-state index in [1.807, 2.05) is 37.3 Å². The molecule has 0 bridgehead atoms. The quantitative estimate of drug-likeness (QED) is 0.454. The number of aliphatic hydroxyl groups is 1. The number of nitrogen functional groups attached to an aromatic ring is 1. The van der Waals surface area contributed by atoms with Crippen LogP contribution >= 0.6 is 0 Å². The molecule has 9 nitrogen and oxygen atoms in total. The maximum Gasteiger partial charge on any atom is 0.490 e. The van der Waals surface area contributed by atoms with E-state index < -0.39 is 17.7 Å². The average Bonchev–Trinajstić information content (AvgIpc) is 3.10. The van der Waals surface area contributed by atoms with Crippen LogP contribution in [0.15, 0.2) is 36.6 Å². The number of hydrogen-bond acceptors (Lipinski definition) is 7. The zero-order valence-electron chi connectivity index (χ0n) is 20.2. The Kier molecular flexibility index (Phi) is 7.03. The van der Waals surface area contributed by atoms with Crippen molar-refractivity contribution in [3.05, 3.63) is 47.8 Å². The van der Waals surface area contributed by atoms with E-state index in [4.69, 9.17) is 17.0 Å². The number of nitrogens with two attached hydrogens (primary N) is 1. The third kappa shape index (κ3) is 5.69. The molecule has 1 fully saturated rings. The number of benzene rings is 1. The van der Waals surface area contributed by atoms with Crippen LogP contribution in [0.25, 0.3) is 22.3 Å². The van der Waals surface area contributed by atoms with Gasteiger partial charge in [0, 0.05) is 31.1 Å². The number of fused-ring (bicyclic) bond motifs is 1. The first kappa shape index (κ1) is 24.9. The fourth-order valence-corrected chi connectivity index (χ4v) is 3.40. The summed E-state index contributed by atoms with van der Waals surface area (Å²) in [6, 6.07) is 9.33. The first-order valence-corrected chi connectivity index (χ1v) is 10.6. The second-order valence-corrected chi connectivity index (χ2v) is 7.90. The summed E-state index contributed by atoms with van der Waals surface area (Å²) in [5, 5.41) is 17.6. The number of aromatic nitrogens is 3. The smallest absolute Gasteiger partial charge is 0.475 e. The van der Waals surface area contributed by atoms with E-state index in [0.29, 0.717) is 41.7 Å². The lowest BCUT2D eigenvalue weighted by Crippen LogP contribution is -2.37. The molecule has 188 valence electrons. The van der Waals surface area contributed by atoms with Gasteiger partial charge >= 0.3 is 12.1 Å². The average molecular weight is 502 g/mol. The molecule has 1 amide bonds. The Morgan fingerprint density at radius 3 is 2.58 bits per heavy atom. The highest BCUT2D eigenvalue weighted by Gasteiger charge is 2.42. The molecule has 4 N–H and O–H groups in total. The Labute approximate surface area is 205 Å². The number of carboxylic acid groups (broad SMARTS) is 1. The maximum absolute atomic E-state index is 12.1. The molecule has 0 saturated carbocycles. The molecule has 36 heavy (non-hydrogen) atoms. The monoisotopic (exact) mass is 502 g/mol. The van der Waals surface area contributed by atoms with Crippen LogP contribution in [0.2, 0.25) is 0 Å². The molecular formula is C24H22F3N5O4. The van der Waals surface area contributed by atoms with Crippen molar-refractivity contribution in [3.63, 3.8) is 0 Å². The first-order valence-electron chi connectivity index (χ1n) is 11.1. The van der Waals surface area contributed by atoms with Crippen LogP contribution in [0, 0.1) is 11.8 Å². The van der Waals surface area contributed by atoms with E-state index in [1.54, 1.807) is 7.05 Å². The number of likely N-dealkylation sites (N-methyl/N-ethyl adjacent to an activating group) is 1. The number of likely N-dealkylation sites (tertiary alicyclic amines) is 1. The summed E-state index contributed by atoms with van der Waals surface area (Å²) < 4.78 is 39.4. The summed E-state index contributed by atoms with van der Waals surface area (Å²) in [7, 11) is 1.65. The van der Waals surface area contributed by atoms with E-state index in [9.17, 15) is 23.1 Å². The number of anilines is 1. The van der Waals surface area contributed by atoms with E-state index in [-0.39, 0.29) is 18.0 Å². The van der Waals surface area contributed by atoms with Gasteiger partial charge in [0.05, 0.1) is 11.2 Å². The number of hydrogen-bond donors (Lipinski definition) is 3. The van der Waals surface area contributed by atoms with Crippen LogP contribution in [0.4, 0.5) is 19.0 Å². The van der Waals surface area contributed by atoms with Crippen molar-refractivity contribution in [2.75, 3.05) is 19.3 Å². The van der Waals surface area contributed by atoms with Crippen LogP contribution in [0.5, 0.6) is 0 Å². The minimum absolute atomic E-state index is 0.133. The minimum atomic E-state index is -5.08. The van der Waals surface area contributed by atoms with Crippen molar-refractivity contribution >= 4 is 28.7 Å². The molecule has 4 rings (SSSR count). The molecule has 0 spiro atoms. The van der Waals surface area contributed by atoms with Crippen molar-refractivity contribution in [1.82, 2.24) is 19.9 Å². The van der Waals surface area contributed by atoms with Crippen LogP contribution in [0.3, 0.4) is 0 Å². The number of carboxylic acids is 1. The van der Waals surface area contributed by atoms with Crippen molar-refractivity contribution < 1.29 is 34.3 Å². The summed E-state index contributed by atoms with van der Waals surface area (Å²) in [5.41, 5.74) is 8.49. The van der Waals surface area contributed by atoms with Crippen molar-refractivity contribution in [3.8, 4) is 23.1 Å². The van der Waals surface area contributed by atoms with Crippen molar-refractivity contribution in [2.45, 2.75) is 31.5 Å². The van der Waals surface area contributed by atoms with Crippen molar-refractivity contribution in [2.24, 2.45) is 0 Å². The Hall–Kier alpha value is -4.24. The normalized spacial score (nSPS) is 17.7. The number of aryl methyl sites for hydroxylation is 1. The zero-order chi connectivity index (χ0) is 27.5. The molecule has 2 aromatic heterocycles. The van der Waals surface area contributed by atoms with Gasteiger partial charge in [0.1, 0.15) is 13.2 Å². The summed E-state index contributed by atoms with van der Waals surface area (Å²) in [4.78, 5) is 35.2. The van der Waals surface area contributed by atoms with Gasteiger partial charge in [-0.25, -0.2) is 19.7 Å². The summed E-state index contributed by atoms with van der Waals surface area (Å²) in [5.74, 6) is 2.69. The van der Waals surface area contributed by atoms with E-state index in [0.717, 1.165) is 11.1 Å². The zero-order valence-corrected chi connectivity index (χ0v) is 19.2. The molecule has 0 unspecified atom stereocenters. The van der Waals surface area contributed by atoms with Crippen molar-refractivity contribution in [1.29, 1.82) is 0 Å². The van der Waals surface area contributed by atoms with Crippen LogP contribution in [0.1, 0.15) is 25.8 Å². The molecule has 0 radical (unpaired) electrons. The summed E-state index contributed by atoms with van der Waals surface area (Å²) in [6.45, 7) is 2.48. The fraction of sp³-hybridized carbons (Fsp3) is 0.292. The summed E-state index contributed by atoms with van der Waals surface area (Å²) >= 11 is 0. The molecule has 1 aliphatic heterocycles. The maximum atomic E-state index is 12.1. The van der Waals surface area contributed by atoms with Gasteiger partial charge in [-0.2, -0.15) is 13.2 Å². The number of pyridine rings is 1. The van der Waals surface area contributed by atoms with Gasteiger partial charge in [-0.15, -0.1) is 0 Å². The third-order valence-electron chi connectivity index (χ3n) is 5.35. The minimum Gasteiger partial charge on any atom is -0.475 e. The van der Waals surface area contributed by atoms with Crippen LogP contribution in [-0.4, -0.2) is 67.3 Å². The predicted molar refractivity (Wildman–Crippen MR) is 124 cm³/mol. The van der Waals surface area contributed by atoms with Gasteiger partial charge in [-0.3, -0.25) is 4.79 Å². The van der Waals surface area contributed by atoms with Crippen LogP contribution < -0.4 is 5.73 Å². The largest absolute Gasteiger partial charge is 0.490 e. The summed E-state index contributed by atoms with van der Waals surface area (Å²) in [6.07, 6.45) is -4.23. The molecule has 1 saturated heterocycles. The number of rotatable bonds is 2. The highest BCUT2D eigenvalue weighted by Crippen LogP contribution is 2.27. The number of nitrogens with zero attached hydrogens (tertiary/aromatic N) is 4. The van der Waals surface area contributed by atoms with Gasteiger partial charge in [0.15, 0.2) is 5.82 Å². The Morgan fingerprint density at radius 2 is 2.00 bits per heavy atom. The topological polar surface area (TPSA) is 143 Å². The molecule has 0 aliphatic carbocycles. The number of alkyl halides is 3. The first-order chi connectivity index (χ1) is 17.2. The third-order valence-corrected chi connectivity index (χ3v) is 5.35. The Balaban J connectivity index is 0.000000479. The van der Waals surface area contributed by atoms with Gasteiger partial charge in [-0.05, 0) is 30.2 Å². The molecule has 1 aromatic carbocycles. The molecule has 12 heteroatoms. The molecule has 1 atom stereocenters. The lowest BCUT2D eigenvalue weighted by Gasteiger charge is -2.13. The van der Waals surface area contributed by atoms with E-state index in [1.165, 1.54) is 4.90 Å². The lowest BCUT2D eigenvalue weighted by molar-refractivity contribution is -0.192. The standard InChI is InChI=1S/C22H21N5O2.C2HF3O2/c1-3-15-12-17(26-19-18(15)24-13-25-20(19)23)16-6-4-5-14(11-16)7-8-22(29)9-10-27(2)21(22)28;3-2(4,5)1(6)7/h4-6,11-13,29H,3,9-10H2,1-2H3,(H2,23,24,25);(H,6,7)/t22-;/m0./s1/i13D;. The lowest BCUT2D eigenvalue weighted by atomic mass is 10.0. The fourth-order valence-electron chi connectivity index (χ4n) is 3.40. The molecule has 1 aliphatic rings. The highest BCUT2D eigenvalue weighted by molar-refractivity contribution is 5.91. The molecular weight excluding hydrogens is 479 g/mol. The second kappa shape index (κ2) is 10.2. The SMILES string of the molecule is O=C(O)C(F)(F)F.[2H]c1nc(N)c2nc(-c3cccc(C#C[C@]4(O)CCN(C)C4=O)c3)cc(CC)c2n1. The number of halogens is 3. The van der Waals surface area contributed by atoms with E-state index >= 15 is 0 Å². The highest BCUT2D eigenvalue weighted by atomic mass is 19.4. The number of carbonyl (C=O) groups is 2. The number of carbonyl (C=O) groups excluding carboxylic acids is 1. The number of aliphatic carboxylic acids is 1. The second-order valence-electron chi connectivity index (χ2n) is 7.90. The van der Waals surface area contributed by atoms with Crippen LogP contribution in [-0.2, 0) is 16.0 Å². The van der Waals surface area contributed by atoms with E-state index in [2.05, 4.69) is 26.8 Å².